The molecule has 0 bridgehead atoms. The fourth-order valence-electron chi connectivity index (χ4n) is 0.803. The highest BCUT2D eigenvalue weighted by Crippen LogP contribution is 2.05. The topological polar surface area (TPSA) is 50.7 Å². The molecular weight excluding hydrogens is 212 g/mol. The summed E-state index contributed by atoms with van der Waals surface area (Å²) in [4.78, 5) is 15.0. The van der Waals surface area contributed by atoms with Crippen molar-refractivity contribution in [3.8, 4) is 0 Å². The molecule has 1 aliphatic heterocycles. The molecule has 0 aromatic heterocycles. The highest BCUT2D eigenvalue weighted by Gasteiger charge is 2.08. The molecule has 1 aliphatic rings. The minimum atomic E-state index is -0.182. The second-order valence-electron chi connectivity index (χ2n) is 2.21. The number of aliphatic imine (C=N–C) groups is 1. The van der Waals surface area contributed by atoms with E-state index in [1.165, 1.54) is 11.8 Å². The Morgan fingerprint density at radius 3 is 3.08 bits per heavy atom. The normalized spacial score (nSPS) is 14.1. The standard InChI is InChI=1S/C7H12N2O2S.ClH/c1-2-11-6(10)5-12-7-8-3-4-9-7;/h2-5H2,1H3,(H,8,9);1H/p-1. The molecule has 0 fully saturated rings. The summed E-state index contributed by atoms with van der Waals surface area (Å²) in [6.45, 7) is 3.93. The van der Waals surface area contributed by atoms with Gasteiger partial charge in [0.25, 0.3) is 0 Å². The van der Waals surface area contributed by atoms with Crippen molar-refractivity contribution in [3.05, 3.63) is 0 Å². The van der Waals surface area contributed by atoms with Crippen LogP contribution in [-0.4, -0.2) is 36.6 Å². The fourth-order valence-corrected chi connectivity index (χ4v) is 1.53. The van der Waals surface area contributed by atoms with Crippen molar-refractivity contribution in [2.24, 2.45) is 4.99 Å². The summed E-state index contributed by atoms with van der Waals surface area (Å²) in [5, 5.41) is 3.91. The summed E-state index contributed by atoms with van der Waals surface area (Å²) in [7, 11) is 0. The van der Waals surface area contributed by atoms with Gasteiger partial charge in [-0.15, -0.1) is 0 Å². The van der Waals surface area contributed by atoms with Crippen LogP contribution in [0.1, 0.15) is 6.92 Å². The van der Waals surface area contributed by atoms with Crippen LogP contribution >= 0.6 is 11.8 Å². The van der Waals surface area contributed by atoms with Crippen molar-refractivity contribution in [1.82, 2.24) is 5.32 Å². The number of rotatable bonds is 3. The number of nitrogens with one attached hydrogen (secondary N) is 1. The molecule has 4 nitrogen and oxygen atoms in total. The number of halogens is 1. The smallest absolute Gasteiger partial charge is 0.316 e. The van der Waals surface area contributed by atoms with Crippen LogP contribution in [-0.2, 0) is 9.53 Å². The van der Waals surface area contributed by atoms with E-state index in [0.717, 1.165) is 18.3 Å². The number of hydrogen-bond acceptors (Lipinski definition) is 5. The molecule has 0 unspecified atom stereocenters. The van der Waals surface area contributed by atoms with Gasteiger partial charge in [-0.2, -0.15) is 0 Å². The number of carbonyl (C=O) groups excluding carboxylic acids is 1. The Morgan fingerprint density at radius 2 is 2.54 bits per heavy atom. The Morgan fingerprint density at radius 1 is 1.77 bits per heavy atom. The first-order valence-corrected chi connectivity index (χ1v) is 4.88. The zero-order valence-corrected chi connectivity index (χ0v) is 8.95. The van der Waals surface area contributed by atoms with Crippen LogP contribution in [0.3, 0.4) is 0 Å². The highest BCUT2D eigenvalue weighted by atomic mass is 35.5. The van der Waals surface area contributed by atoms with Gasteiger partial charge < -0.3 is 22.5 Å². The van der Waals surface area contributed by atoms with Gasteiger partial charge in [-0.25, -0.2) is 0 Å². The molecule has 0 saturated heterocycles. The molecule has 0 amide bonds. The third-order valence-corrected chi connectivity index (χ3v) is 2.20. The third kappa shape index (κ3) is 5.00. The van der Waals surface area contributed by atoms with Crippen molar-refractivity contribution in [2.75, 3.05) is 25.4 Å². The van der Waals surface area contributed by atoms with E-state index in [0.29, 0.717) is 12.4 Å². The maximum atomic E-state index is 10.9. The fraction of sp³-hybridized carbons (Fsp3) is 0.714. The predicted octanol–water partition coefficient (Wildman–Crippen LogP) is -2.75. The van der Waals surface area contributed by atoms with Gasteiger partial charge in [0.05, 0.1) is 18.9 Å². The van der Waals surface area contributed by atoms with Crippen molar-refractivity contribution < 1.29 is 21.9 Å². The SMILES string of the molecule is CCOC(=O)CSC1=NCCN1.[Cl-]. The average molecular weight is 224 g/mol. The Hall–Kier alpha value is -0.420. The largest absolute Gasteiger partial charge is 1.00 e. The quantitative estimate of drug-likeness (QED) is 0.527. The molecule has 0 radical (unpaired) electrons. The maximum Gasteiger partial charge on any atom is 0.316 e. The van der Waals surface area contributed by atoms with Crippen LogP contribution in [0.2, 0.25) is 0 Å². The monoisotopic (exact) mass is 223 g/mol. The number of carbonyl (C=O) groups is 1. The number of esters is 1. The van der Waals surface area contributed by atoms with E-state index in [4.69, 9.17) is 4.74 Å². The Labute approximate surface area is 87.9 Å². The summed E-state index contributed by atoms with van der Waals surface area (Å²) >= 11 is 1.40. The van der Waals surface area contributed by atoms with Crippen LogP contribution in [0.25, 0.3) is 0 Å². The van der Waals surface area contributed by atoms with E-state index in [-0.39, 0.29) is 18.4 Å². The van der Waals surface area contributed by atoms with Crippen LogP contribution in [0.5, 0.6) is 0 Å². The maximum absolute atomic E-state index is 10.9. The van der Waals surface area contributed by atoms with E-state index in [1.807, 2.05) is 0 Å². The number of hydrogen-bond donors (Lipinski definition) is 1. The summed E-state index contributed by atoms with van der Waals surface area (Å²) in [5.41, 5.74) is 0. The lowest BCUT2D eigenvalue weighted by Crippen LogP contribution is -3.00. The minimum absolute atomic E-state index is 0. The van der Waals surface area contributed by atoms with Crippen molar-refractivity contribution in [3.63, 3.8) is 0 Å². The molecule has 0 spiro atoms. The van der Waals surface area contributed by atoms with Gasteiger partial charge >= 0.3 is 5.97 Å². The molecule has 0 aromatic carbocycles. The van der Waals surface area contributed by atoms with Gasteiger partial charge in [-0.1, -0.05) is 11.8 Å². The molecule has 0 atom stereocenters. The number of thioether (sulfide) groups is 1. The molecule has 0 aliphatic carbocycles. The summed E-state index contributed by atoms with van der Waals surface area (Å²) in [6.07, 6.45) is 0. The Balaban J connectivity index is 0.00000144. The zero-order valence-electron chi connectivity index (χ0n) is 7.38. The van der Waals surface area contributed by atoms with E-state index in [9.17, 15) is 4.79 Å². The molecular formula is C7H12ClN2O2S-. The van der Waals surface area contributed by atoms with Gasteiger partial charge in [-0.05, 0) is 6.92 Å². The van der Waals surface area contributed by atoms with Crippen LogP contribution in [0, 0.1) is 0 Å². The second kappa shape index (κ2) is 7.03. The van der Waals surface area contributed by atoms with Crippen LogP contribution in [0.15, 0.2) is 4.99 Å². The molecule has 1 rings (SSSR count). The predicted molar refractivity (Wildman–Crippen MR) is 49.4 cm³/mol. The lowest BCUT2D eigenvalue weighted by atomic mass is 10.7. The van der Waals surface area contributed by atoms with Gasteiger partial charge in [-0.3, -0.25) is 9.79 Å². The minimum Gasteiger partial charge on any atom is -1.00 e. The highest BCUT2D eigenvalue weighted by molar-refractivity contribution is 8.14. The van der Waals surface area contributed by atoms with Gasteiger partial charge in [0.2, 0.25) is 0 Å². The second-order valence-corrected chi connectivity index (χ2v) is 3.17. The first-order valence-electron chi connectivity index (χ1n) is 3.89. The average Bonchev–Trinajstić information content (AvgIpc) is 2.53. The molecule has 0 aromatic rings. The van der Waals surface area contributed by atoms with E-state index < -0.39 is 0 Å². The summed E-state index contributed by atoms with van der Waals surface area (Å²) in [5.74, 6) is 0.165. The molecule has 0 saturated carbocycles. The summed E-state index contributed by atoms with van der Waals surface area (Å²) in [6, 6.07) is 0. The van der Waals surface area contributed by atoms with Gasteiger partial charge in [0.15, 0.2) is 5.17 Å². The molecule has 6 heteroatoms. The Bertz CT molecular complexity index is 199. The number of ether oxygens (including phenoxy) is 1. The van der Waals surface area contributed by atoms with Crippen molar-refractivity contribution >= 4 is 22.9 Å². The summed E-state index contributed by atoms with van der Waals surface area (Å²) < 4.78 is 4.76. The number of amidine groups is 1. The van der Waals surface area contributed by atoms with Crippen molar-refractivity contribution in [2.45, 2.75) is 6.92 Å². The van der Waals surface area contributed by atoms with Crippen LogP contribution in [0.4, 0.5) is 0 Å². The Kier molecular flexibility index (Phi) is 6.80. The first-order chi connectivity index (χ1) is 5.83. The third-order valence-electron chi connectivity index (χ3n) is 1.28. The first kappa shape index (κ1) is 12.6. The van der Waals surface area contributed by atoms with E-state index in [2.05, 4.69) is 10.3 Å². The molecule has 13 heavy (non-hydrogen) atoms. The lowest BCUT2D eigenvalue weighted by Gasteiger charge is -2.01. The number of nitrogens with zero attached hydrogens (tertiary/aromatic N) is 1. The van der Waals surface area contributed by atoms with E-state index >= 15 is 0 Å². The molecule has 76 valence electrons. The van der Waals surface area contributed by atoms with Gasteiger partial charge in [0.1, 0.15) is 0 Å². The van der Waals surface area contributed by atoms with Gasteiger partial charge in [0, 0.05) is 6.54 Å². The lowest BCUT2D eigenvalue weighted by molar-refractivity contribution is -0.139. The molecule has 1 N–H and O–H groups in total. The molecule has 1 heterocycles. The zero-order chi connectivity index (χ0) is 8.81. The van der Waals surface area contributed by atoms with E-state index in [1.54, 1.807) is 6.92 Å². The van der Waals surface area contributed by atoms with Crippen LogP contribution < -0.4 is 17.7 Å². The van der Waals surface area contributed by atoms with Crippen molar-refractivity contribution in [1.29, 1.82) is 0 Å².